The number of fused-ring (bicyclic) bond motifs is 2. The second kappa shape index (κ2) is 12.0. The van der Waals surface area contributed by atoms with Crippen molar-refractivity contribution in [3.8, 4) is 44.5 Å². The van der Waals surface area contributed by atoms with Gasteiger partial charge >= 0.3 is 0 Å². The van der Waals surface area contributed by atoms with E-state index < -0.39 is 0 Å². The zero-order valence-electron chi connectivity index (χ0n) is 31.6. The van der Waals surface area contributed by atoms with Gasteiger partial charge in [-0.15, -0.1) is 0 Å². The van der Waals surface area contributed by atoms with E-state index in [-0.39, 0.29) is 0 Å². The summed E-state index contributed by atoms with van der Waals surface area (Å²) in [4.78, 5) is 0. The van der Waals surface area contributed by atoms with Crippen molar-refractivity contribution in [2.75, 3.05) is 0 Å². The van der Waals surface area contributed by atoms with Crippen molar-refractivity contribution in [1.29, 1.82) is 0 Å². The maximum absolute atomic E-state index is 2.49. The zero-order valence-corrected chi connectivity index (χ0v) is 31.6. The van der Waals surface area contributed by atoms with E-state index in [9.17, 15) is 0 Å². The molecule has 0 spiro atoms. The molecule has 0 saturated heterocycles. The van der Waals surface area contributed by atoms with Crippen LogP contribution in [-0.4, -0.2) is 0 Å². The first-order valence-electron chi connectivity index (χ1n) is 20.2. The molecule has 0 unspecified atom stereocenters. The molecule has 0 aliphatic carbocycles. The molecule has 0 bridgehead atoms. The largest absolute Gasteiger partial charge is 0.0616 e. The van der Waals surface area contributed by atoms with Crippen LogP contribution in [0.2, 0.25) is 0 Å². The van der Waals surface area contributed by atoms with Gasteiger partial charge in [0.2, 0.25) is 0 Å². The summed E-state index contributed by atoms with van der Waals surface area (Å²) in [5, 5.41) is 20.6. The molecule has 0 heterocycles. The predicted octanol–water partition coefficient (Wildman–Crippen LogP) is 16.5. The van der Waals surface area contributed by atoms with Crippen molar-refractivity contribution in [3.63, 3.8) is 0 Å². The average molecular weight is 731 g/mol. The lowest BCUT2D eigenvalue weighted by molar-refractivity contribution is 1.60. The summed E-state index contributed by atoms with van der Waals surface area (Å²) >= 11 is 0. The number of benzene rings is 13. The van der Waals surface area contributed by atoms with E-state index in [1.165, 1.54) is 131 Å². The minimum absolute atomic E-state index is 1.21. The predicted molar refractivity (Wildman–Crippen MR) is 251 cm³/mol. The molecule has 13 rings (SSSR count). The molecule has 0 N–H and O–H groups in total. The van der Waals surface area contributed by atoms with Crippen molar-refractivity contribution in [2.24, 2.45) is 0 Å². The van der Waals surface area contributed by atoms with Crippen LogP contribution in [0.3, 0.4) is 0 Å². The highest BCUT2D eigenvalue weighted by atomic mass is 14.3. The highest BCUT2D eigenvalue weighted by Crippen LogP contribution is 2.50. The standard InChI is InChI=1S/C58H34/c1-2-10-42-33-43(24-19-35(42)9-1)52-34-53(47-30-26-41-23-21-37-12-8-14-39-28-32-51(47)57(41)55(37)39)45-16-4-6-18-49(45)58(52)48-17-5-3-15-44(48)46-29-25-40-22-20-36-11-7-13-38-27-31-50(46)56(40)54(36)38/h1-34H. The van der Waals surface area contributed by atoms with Crippen molar-refractivity contribution in [3.05, 3.63) is 206 Å². The van der Waals surface area contributed by atoms with E-state index in [1.54, 1.807) is 0 Å². The minimum atomic E-state index is 1.21. The van der Waals surface area contributed by atoms with Crippen LogP contribution in [0.5, 0.6) is 0 Å². The van der Waals surface area contributed by atoms with Gasteiger partial charge in [0.15, 0.2) is 0 Å². The normalized spacial score (nSPS) is 12.1. The summed E-state index contributed by atoms with van der Waals surface area (Å²) in [6.07, 6.45) is 0. The second-order valence-electron chi connectivity index (χ2n) is 15.9. The van der Waals surface area contributed by atoms with Crippen molar-refractivity contribution < 1.29 is 0 Å². The van der Waals surface area contributed by atoms with Crippen LogP contribution in [0.15, 0.2) is 206 Å². The molecule has 266 valence electrons. The Morgan fingerprint density at radius 2 is 0.638 bits per heavy atom. The van der Waals surface area contributed by atoms with Crippen molar-refractivity contribution >= 4 is 86.2 Å². The maximum Gasteiger partial charge on any atom is -0.00201 e. The van der Waals surface area contributed by atoms with Gasteiger partial charge in [-0.3, -0.25) is 0 Å². The molecule has 58 heavy (non-hydrogen) atoms. The Bertz CT molecular complexity index is 3760. The molecular formula is C58H34. The fourth-order valence-corrected chi connectivity index (χ4v) is 10.3. The molecule has 0 aromatic heterocycles. The van der Waals surface area contributed by atoms with Gasteiger partial charge in [-0.05, 0) is 143 Å². The van der Waals surface area contributed by atoms with Gasteiger partial charge in [-0.1, -0.05) is 194 Å². The second-order valence-corrected chi connectivity index (χ2v) is 15.9. The summed E-state index contributed by atoms with van der Waals surface area (Å²) < 4.78 is 0. The quantitative estimate of drug-likeness (QED) is 0.158. The van der Waals surface area contributed by atoms with Crippen LogP contribution >= 0.6 is 0 Å². The summed E-state index contributed by atoms with van der Waals surface area (Å²) in [6.45, 7) is 0. The number of hydrogen-bond donors (Lipinski definition) is 0. The molecule has 0 radical (unpaired) electrons. The van der Waals surface area contributed by atoms with Crippen molar-refractivity contribution in [1.82, 2.24) is 0 Å². The molecule has 0 nitrogen and oxygen atoms in total. The van der Waals surface area contributed by atoms with E-state index >= 15 is 0 Å². The number of hydrogen-bond acceptors (Lipinski definition) is 0. The molecule has 0 aliphatic heterocycles. The summed E-state index contributed by atoms with van der Waals surface area (Å²) in [5.41, 5.74) is 9.94. The molecule has 0 atom stereocenters. The van der Waals surface area contributed by atoms with Crippen LogP contribution < -0.4 is 0 Å². The average Bonchev–Trinajstić information content (AvgIpc) is 3.29. The smallest absolute Gasteiger partial charge is 0.00201 e. The van der Waals surface area contributed by atoms with E-state index in [0.717, 1.165) is 0 Å². The maximum atomic E-state index is 2.49. The molecule has 0 fully saturated rings. The highest BCUT2D eigenvalue weighted by Gasteiger charge is 2.22. The summed E-state index contributed by atoms with van der Waals surface area (Å²) in [6, 6.07) is 77.4. The molecule has 0 amide bonds. The SMILES string of the molecule is c1ccc(-c2ccc3ccc4cccc5ccc2c3c45)c(-c2c(-c3ccc4ccccc4c3)cc(-c3ccc4ccc5cccc6ccc3c4c56)c3ccccc23)c1. The van der Waals surface area contributed by atoms with E-state index in [4.69, 9.17) is 0 Å². The monoisotopic (exact) mass is 730 g/mol. The first kappa shape index (κ1) is 31.6. The molecule has 0 aliphatic rings. The first-order valence-corrected chi connectivity index (χ1v) is 20.2. The van der Waals surface area contributed by atoms with Crippen LogP contribution in [0.1, 0.15) is 0 Å². The Balaban J connectivity index is 1.14. The Morgan fingerprint density at radius 1 is 0.190 bits per heavy atom. The van der Waals surface area contributed by atoms with Gasteiger partial charge < -0.3 is 0 Å². The number of rotatable bonds is 4. The molecule has 0 heteroatoms. The van der Waals surface area contributed by atoms with Gasteiger partial charge in [0.25, 0.3) is 0 Å². The first-order chi connectivity index (χ1) is 28.8. The van der Waals surface area contributed by atoms with Gasteiger partial charge in [0.1, 0.15) is 0 Å². The lowest BCUT2D eigenvalue weighted by Gasteiger charge is -2.22. The lowest BCUT2D eigenvalue weighted by Crippen LogP contribution is -1.95. The summed E-state index contributed by atoms with van der Waals surface area (Å²) in [5.74, 6) is 0. The fraction of sp³-hybridized carbons (Fsp3) is 0. The van der Waals surface area contributed by atoms with E-state index in [1.807, 2.05) is 0 Å². The third kappa shape index (κ3) is 4.46. The van der Waals surface area contributed by atoms with Gasteiger partial charge in [0.05, 0.1) is 0 Å². The Labute approximate surface area is 335 Å². The van der Waals surface area contributed by atoms with E-state index in [0.29, 0.717) is 0 Å². The lowest BCUT2D eigenvalue weighted by atomic mass is 9.81. The van der Waals surface area contributed by atoms with Gasteiger partial charge in [-0.2, -0.15) is 0 Å². The molecular weight excluding hydrogens is 697 g/mol. The van der Waals surface area contributed by atoms with Crippen LogP contribution in [0.4, 0.5) is 0 Å². The van der Waals surface area contributed by atoms with Gasteiger partial charge in [0, 0.05) is 0 Å². The van der Waals surface area contributed by atoms with Crippen molar-refractivity contribution in [2.45, 2.75) is 0 Å². The Morgan fingerprint density at radius 3 is 1.28 bits per heavy atom. The third-order valence-corrected chi connectivity index (χ3v) is 12.9. The van der Waals surface area contributed by atoms with Crippen LogP contribution in [0, 0.1) is 0 Å². The third-order valence-electron chi connectivity index (χ3n) is 12.9. The minimum Gasteiger partial charge on any atom is -0.0616 e. The van der Waals surface area contributed by atoms with Crippen LogP contribution in [0.25, 0.3) is 131 Å². The fourth-order valence-electron chi connectivity index (χ4n) is 10.3. The molecule has 13 aromatic carbocycles. The topological polar surface area (TPSA) is 0 Å². The highest BCUT2D eigenvalue weighted by molar-refractivity contribution is 6.28. The Hall–Kier alpha value is -7.54. The van der Waals surface area contributed by atoms with Gasteiger partial charge in [-0.25, -0.2) is 0 Å². The van der Waals surface area contributed by atoms with Crippen LogP contribution in [-0.2, 0) is 0 Å². The summed E-state index contributed by atoms with van der Waals surface area (Å²) in [7, 11) is 0. The molecule has 0 saturated carbocycles. The zero-order chi connectivity index (χ0) is 37.9. The molecule has 13 aromatic rings. The van der Waals surface area contributed by atoms with E-state index in [2.05, 4.69) is 206 Å². The Kier molecular flexibility index (Phi) is 6.54.